The molecular weight excluding hydrogens is 326 g/mol. The third-order valence-corrected chi connectivity index (χ3v) is 2.10. The van der Waals surface area contributed by atoms with Crippen molar-refractivity contribution in [3.63, 3.8) is 0 Å². The van der Waals surface area contributed by atoms with E-state index in [-0.39, 0.29) is 5.48 Å². The molecule has 0 fully saturated rings. The van der Waals surface area contributed by atoms with Gasteiger partial charge in [0.25, 0.3) is 0 Å². The van der Waals surface area contributed by atoms with E-state index in [1.807, 2.05) is 0 Å². The van der Waals surface area contributed by atoms with E-state index in [0.717, 1.165) is 15.0 Å². The highest BCUT2D eigenvalue weighted by Gasteiger charge is 1.98. The summed E-state index contributed by atoms with van der Waals surface area (Å²) in [6.07, 6.45) is 1.06. The Morgan fingerprint density at radius 3 is 1.09 bits per heavy atom. The van der Waals surface area contributed by atoms with E-state index in [4.69, 9.17) is 17.5 Å². The summed E-state index contributed by atoms with van der Waals surface area (Å²) in [6, 6.07) is 0. The number of nitrogens with two attached hydrogens (primary N) is 1. The zero-order valence-corrected chi connectivity index (χ0v) is 16.4. The van der Waals surface area contributed by atoms with Crippen molar-refractivity contribution in [1.29, 1.82) is 0 Å². The summed E-state index contributed by atoms with van der Waals surface area (Å²) >= 11 is 0. The lowest BCUT2D eigenvalue weighted by molar-refractivity contribution is -0.868. The monoisotopic (exact) mass is 361 g/mol. The van der Waals surface area contributed by atoms with Crippen LogP contribution in [0.25, 0.3) is 0 Å². The topological polar surface area (TPSA) is 155 Å². The Hall–Kier alpha value is -1.04. The Morgan fingerprint density at radius 1 is 1.00 bits per heavy atom. The Labute approximate surface area is 141 Å². The van der Waals surface area contributed by atoms with Crippen molar-refractivity contribution in [1.82, 2.24) is 0 Å². The van der Waals surface area contributed by atoms with Gasteiger partial charge in [-0.15, -0.1) is 0 Å². The van der Waals surface area contributed by atoms with Gasteiger partial charge in [0.2, 0.25) is 5.91 Å². The van der Waals surface area contributed by atoms with Crippen LogP contribution in [0.1, 0.15) is 13.8 Å². The standard InChI is InChI=1S/2C5H14N.C3H5NO.H2O4S.H2O/c2*1-5-6(2,3)4;1-2-3(4)5;1-5(2,3)4;/h2*5H2,1-4H3;2H,1H2,(H2,4,5);(H2,1,2,3,4);1H2/q2*+1;;;/p-2. The first-order chi connectivity index (χ1) is 9.39. The molecule has 23 heavy (non-hydrogen) atoms. The second-order valence-electron chi connectivity index (χ2n) is 6.23. The van der Waals surface area contributed by atoms with Gasteiger partial charge in [-0.05, 0) is 19.9 Å². The number of quaternary nitrogens is 2. The molecule has 0 aliphatic rings. The van der Waals surface area contributed by atoms with Gasteiger partial charge in [-0.2, -0.15) is 0 Å². The number of nitrogens with zero attached hydrogens (tertiary/aromatic N) is 2. The summed E-state index contributed by atoms with van der Waals surface area (Å²) in [4.78, 5) is 9.47. The van der Waals surface area contributed by atoms with Gasteiger partial charge in [0.15, 0.2) is 0 Å². The van der Waals surface area contributed by atoms with Crippen molar-refractivity contribution in [3.8, 4) is 0 Å². The predicted molar refractivity (Wildman–Crippen MR) is 90.6 cm³/mol. The highest BCUT2D eigenvalue weighted by molar-refractivity contribution is 7.79. The van der Waals surface area contributed by atoms with Crippen molar-refractivity contribution in [2.24, 2.45) is 5.73 Å². The second-order valence-corrected chi connectivity index (χ2v) is 7.04. The molecule has 0 aliphatic heterocycles. The molecule has 144 valence electrons. The molecule has 0 aromatic carbocycles. The normalized spacial score (nSPS) is 10.2. The lowest BCUT2D eigenvalue weighted by atomic mass is 10.6. The fraction of sp³-hybridized carbons (Fsp3) is 0.769. The number of carbonyl (C=O) groups is 1. The van der Waals surface area contributed by atoms with Gasteiger partial charge >= 0.3 is 0 Å². The van der Waals surface area contributed by atoms with Crippen LogP contribution < -0.4 is 5.73 Å². The van der Waals surface area contributed by atoms with Crippen LogP contribution in [0.4, 0.5) is 0 Å². The van der Waals surface area contributed by atoms with Crippen molar-refractivity contribution in [2.75, 3.05) is 55.4 Å². The third-order valence-electron chi connectivity index (χ3n) is 2.10. The van der Waals surface area contributed by atoms with Crippen molar-refractivity contribution < 1.29 is 36.8 Å². The van der Waals surface area contributed by atoms with Crippen LogP contribution in [0, 0.1) is 0 Å². The lowest BCUT2D eigenvalue weighted by Gasteiger charge is -2.20. The quantitative estimate of drug-likeness (QED) is 0.293. The summed E-state index contributed by atoms with van der Waals surface area (Å²) in [5, 5.41) is 0. The Bertz CT molecular complexity index is 361. The van der Waals surface area contributed by atoms with E-state index in [0.29, 0.717) is 0 Å². The predicted octanol–water partition coefficient (Wildman–Crippen LogP) is -1.08. The van der Waals surface area contributed by atoms with E-state index < -0.39 is 16.3 Å². The zero-order chi connectivity index (χ0) is 19.2. The zero-order valence-electron chi connectivity index (χ0n) is 15.6. The van der Waals surface area contributed by atoms with Crippen molar-refractivity contribution in [2.45, 2.75) is 13.8 Å². The summed E-state index contributed by atoms with van der Waals surface area (Å²) in [5.41, 5.74) is 4.53. The van der Waals surface area contributed by atoms with Gasteiger partial charge in [-0.3, -0.25) is 13.2 Å². The molecule has 0 radical (unpaired) electrons. The molecule has 0 spiro atoms. The van der Waals surface area contributed by atoms with Crippen molar-refractivity contribution in [3.05, 3.63) is 12.7 Å². The van der Waals surface area contributed by atoms with Gasteiger partial charge in [0.1, 0.15) is 0 Å². The first-order valence-electron chi connectivity index (χ1n) is 6.59. The third kappa shape index (κ3) is 156. The lowest BCUT2D eigenvalue weighted by Crippen LogP contribution is -2.33. The number of rotatable bonds is 3. The summed E-state index contributed by atoms with van der Waals surface area (Å²) in [6.45, 7) is 9.86. The molecule has 1 amide bonds. The van der Waals surface area contributed by atoms with Gasteiger partial charge in [0, 0.05) is 10.4 Å². The largest absolute Gasteiger partial charge is 0.759 e. The Morgan fingerprint density at radius 2 is 1.09 bits per heavy atom. The number of amides is 1. The smallest absolute Gasteiger partial charge is 0.240 e. The summed E-state index contributed by atoms with van der Waals surface area (Å²) in [7, 11) is 7.92. The summed E-state index contributed by atoms with van der Waals surface area (Å²) in [5.74, 6) is -0.481. The molecule has 0 rings (SSSR count). The highest BCUT2D eigenvalue weighted by atomic mass is 32.3. The SMILES string of the molecule is C=CC(N)=O.CC[N+](C)(C)C.CC[N+](C)(C)C.O.O=S(=O)([O-])[O-]. The fourth-order valence-corrected chi connectivity index (χ4v) is 0. The average Bonchev–Trinajstić information content (AvgIpc) is 2.26. The number of primary amides is 1. The van der Waals surface area contributed by atoms with Gasteiger partial charge in [-0.1, -0.05) is 6.58 Å². The van der Waals surface area contributed by atoms with E-state index in [9.17, 15) is 4.79 Å². The molecule has 0 saturated heterocycles. The molecule has 10 heteroatoms. The highest BCUT2D eigenvalue weighted by Crippen LogP contribution is 1.84. The molecular formula is C13H35N3O6S. The molecule has 9 nitrogen and oxygen atoms in total. The number of carbonyl (C=O) groups excluding carboxylic acids is 1. The molecule has 0 unspecified atom stereocenters. The molecule has 0 aliphatic carbocycles. The van der Waals surface area contributed by atoms with Gasteiger partial charge < -0.3 is 29.3 Å². The van der Waals surface area contributed by atoms with Crippen LogP contribution in [-0.2, 0) is 15.2 Å². The van der Waals surface area contributed by atoms with Gasteiger partial charge in [-0.25, -0.2) is 0 Å². The number of hydrogen-bond donors (Lipinski definition) is 1. The Balaban J connectivity index is -0.0000000620. The van der Waals surface area contributed by atoms with E-state index in [1.54, 1.807) is 0 Å². The minimum Gasteiger partial charge on any atom is -0.759 e. The molecule has 0 saturated carbocycles. The van der Waals surface area contributed by atoms with Crippen LogP contribution in [-0.4, -0.2) is 93.2 Å². The molecule has 0 aromatic rings. The summed E-state index contributed by atoms with van der Waals surface area (Å²) < 4.78 is 36.2. The number of hydrogen-bond acceptors (Lipinski definition) is 5. The first kappa shape index (κ1) is 33.5. The average molecular weight is 362 g/mol. The maximum absolute atomic E-state index is 9.47. The minimum absolute atomic E-state index is 0. The molecule has 0 heterocycles. The first-order valence-corrected chi connectivity index (χ1v) is 7.92. The van der Waals surface area contributed by atoms with Crippen molar-refractivity contribution >= 4 is 16.3 Å². The fourth-order valence-electron chi connectivity index (χ4n) is 0. The van der Waals surface area contributed by atoms with Crippen LogP contribution in [0.5, 0.6) is 0 Å². The van der Waals surface area contributed by atoms with Crippen LogP contribution in [0.3, 0.4) is 0 Å². The maximum atomic E-state index is 9.47. The van der Waals surface area contributed by atoms with Crippen LogP contribution in [0.2, 0.25) is 0 Å². The molecule has 4 N–H and O–H groups in total. The molecule has 0 atom stereocenters. The minimum atomic E-state index is -5.17. The van der Waals surface area contributed by atoms with Crippen LogP contribution >= 0.6 is 0 Å². The van der Waals surface area contributed by atoms with E-state index >= 15 is 0 Å². The maximum Gasteiger partial charge on any atom is 0.240 e. The van der Waals surface area contributed by atoms with Gasteiger partial charge in [0.05, 0.1) is 55.4 Å². The molecule has 0 aromatic heterocycles. The van der Waals surface area contributed by atoms with Crippen LogP contribution in [0.15, 0.2) is 12.7 Å². The van der Waals surface area contributed by atoms with E-state index in [1.165, 1.54) is 13.1 Å². The van der Waals surface area contributed by atoms with E-state index in [2.05, 4.69) is 68.4 Å². The second kappa shape index (κ2) is 15.8. The molecule has 0 bridgehead atoms. The Kier molecular flexibility index (Phi) is 23.1.